The van der Waals surface area contributed by atoms with Gasteiger partial charge in [0.1, 0.15) is 11.4 Å². The average molecular weight is 190 g/mol. The molecule has 0 atom stereocenters. The zero-order chi connectivity index (χ0) is 10.6. The molecule has 0 radical (unpaired) electrons. The first kappa shape index (κ1) is 10.2. The minimum absolute atomic E-state index is 0.137. The molecule has 4 heteroatoms. The Labute approximate surface area is 82.4 Å². The van der Waals surface area contributed by atoms with Crippen molar-refractivity contribution in [3.05, 3.63) is 29.4 Å². The fourth-order valence-corrected chi connectivity index (χ4v) is 0.977. The quantitative estimate of drug-likeness (QED) is 0.542. The Kier molecular flexibility index (Phi) is 3.19. The first-order valence-electron chi connectivity index (χ1n) is 4.20. The molecule has 0 aliphatic heterocycles. The van der Waals surface area contributed by atoms with Crippen molar-refractivity contribution >= 4 is 11.5 Å². The molecule has 0 fully saturated rings. The van der Waals surface area contributed by atoms with E-state index in [1.165, 1.54) is 19.2 Å². The third kappa shape index (κ3) is 2.07. The third-order valence-corrected chi connectivity index (χ3v) is 1.63. The molecule has 14 heavy (non-hydrogen) atoms. The van der Waals surface area contributed by atoms with Gasteiger partial charge in [-0.25, -0.2) is 4.85 Å². The number of carbonyl (C=O) groups is 1. The molecule has 0 unspecified atom stereocenters. The number of rotatable bonds is 3. The van der Waals surface area contributed by atoms with Crippen molar-refractivity contribution < 1.29 is 9.53 Å². The summed E-state index contributed by atoms with van der Waals surface area (Å²) >= 11 is 0. The van der Waals surface area contributed by atoms with Crippen molar-refractivity contribution in [2.75, 3.05) is 6.61 Å². The average Bonchev–Trinajstić information content (AvgIpc) is 2.18. The second-order valence-corrected chi connectivity index (χ2v) is 2.64. The largest absolute Gasteiger partial charge is 0.505 e. The lowest BCUT2D eigenvalue weighted by Gasteiger charge is -2.05. The van der Waals surface area contributed by atoms with Crippen LogP contribution in [0.4, 0.5) is 5.69 Å². The van der Waals surface area contributed by atoms with Gasteiger partial charge in [-0.05, 0) is 13.0 Å². The summed E-state index contributed by atoms with van der Waals surface area (Å²) in [6.45, 7) is 10.6. The molecular formula is C10H10N2O2. The standard InChI is InChI=1S/C10H10N2O2/c1-4-14-10-5-8(7(2)13)12-6-9(10)11-3/h5-6H,4H2,1-2H3. The molecule has 1 heterocycles. The molecular weight excluding hydrogens is 180 g/mol. The van der Waals surface area contributed by atoms with E-state index < -0.39 is 0 Å². The molecule has 1 aromatic rings. The van der Waals surface area contributed by atoms with Crippen LogP contribution in [-0.2, 0) is 0 Å². The van der Waals surface area contributed by atoms with Crippen LogP contribution >= 0.6 is 0 Å². The summed E-state index contributed by atoms with van der Waals surface area (Å²) in [6, 6.07) is 1.50. The van der Waals surface area contributed by atoms with Crippen molar-refractivity contribution in [2.24, 2.45) is 0 Å². The number of aromatic nitrogens is 1. The van der Waals surface area contributed by atoms with E-state index in [9.17, 15) is 4.79 Å². The number of ether oxygens (including phenoxy) is 1. The third-order valence-electron chi connectivity index (χ3n) is 1.63. The SMILES string of the molecule is [C-]#[N+]c1cnc(C(C)=O)cc1OCC. The molecule has 0 aliphatic carbocycles. The van der Waals surface area contributed by atoms with Crippen LogP contribution in [0.3, 0.4) is 0 Å². The first-order chi connectivity index (χ1) is 6.69. The van der Waals surface area contributed by atoms with Crippen LogP contribution in [0.15, 0.2) is 12.3 Å². The van der Waals surface area contributed by atoms with Gasteiger partial charge >= 0.3 is 0 Å². The van der Waals surface area contributed by atoms with Crippen LogP contribution in [0.5, 0.6) is 5.75 Å². The van der Waals surface area contributed by atoms with Crippen LogP contribution in [0.2, 0.25) is 0 Å². The molecule has 0 N–H and O–H groups in total. The second-order valence-electron chi connectivity index (χ2n) is 2.64. The van der Waals surface area contributed by atoms with E-state index in [0.29, 0.717) is 23.7 Å². The molecule has 0 amide bonds. The fraction of sp³-hybridized carbons (Fsp3) is 0.300. The lowest BCUT2D eigenvalue weighted by molar-refractivity contribution is 0.101. The van der Waals surface area contributed by atoms with Crippen molar-refractivity contribution in [1.29, 1.82) is 0 Å². The maximum absolute atomic E-state index is 11.0. The van der Waals surface area contributed by atoms with Crippen LogP contribution in [0.1, 0.15) is 24.3 Å². The molecule has 72 valence electrons. The van der Waals surface area contributed by atoms with Crippen molar-refractivity contribution in [1.82, 2.24) is 4.98 Å². The van der Waals surface area contributed by atoms with E-state index in [4.69, 9.17) is 11.3 Å². The minimum atomic E-state index is -0.137. The lowest BCUT2D eigenvalue weighted by Crippen LogP contribution is -1.99. The second kappa shape index (κ2) is 4.38. The lowest BCUT2D eigenvalue weighted by atomic mass is 10.2. The zero-order valence-corrected chi connectivity index (χ0v) is 8.07. The van der Waals surface area contributed by atoms with Gasteiger partial charge in [0.2, 0.25) is 5.69 Å². The highest BCUT2D eigenvalue weighted by molar-refractivity contribution is 5.93. The molecule has 1 rings (SSSR count). The van der Waals surface area contributed by atoms with E-state index in [0.717, 1.165) is 0 Å². The van der Waals surface area contributed by atoms with E-state index in [2.05, 4.69) is 9.83 Å². The number of pyridine rings is 1. The van der Waals surface area contributed by atoms with Crippen LogP contribution in [-0.4, -0.2) is 17.4 Å². The van der Waals surface area contributed by atoms with Gasteiger partial charge in [0.25, 0.3) is 0 Å². The van der Waals surface area contributed by atoms with Crippen molar-refractivity contribution in [3.63, 3.8) is 0 Å². The van der Waals surface area contributed by atoms with E-state index >= 15 is 0 Å². The Morgan fingerprint density at radius 3 is 2.93 bits per heavy atom. The summed E-state index contributed by atoms with van der Waals surface area (Å²) in [5, 5.41) is 0. The van der Waals surface area contributed by atoms with Crippen molar-refractivity contribution in [3.8, 4) is 5.75 Å². The van der Waals surface area contributed by atoms with Gasteiger partial charge in [0, 0.05) is 13.1 Å². The Balaban J connectivity index is 3.15. The number of carbonyl (C=O) groups excluding carboxylic acids is 1. The number of ketones is 1. The highest BCUT2D eigenvalue weighted by Gasteiger charge is 2.08. The smallest absolute Gasteiger partial charge is 0.245 e. The Bertz CT molecular complexity index is 394. The Morgan fingerprint density at radius 1 is 1.71 bits per heavy atom. The van der Waals surface area contributed by atoms with Gasteiger partial charge in [-0.3, -0.25) is 9.78 Å². The van der Waals surface area contributed by atoms with Crippen LogP contribution in [0.25, 0.3) is 4.85 Å². The van der Waals surface area contributed by atoms with Gasteiger partial charge in [-0.1, -0.05) is 0 Å². The molecule has 1 aromatic heterocycles. The molecule has 4 nitrogen and oxygen atoms in total. The molecule has 0 bridgehead atoms. The highest BCUT2D eigenvalue weighted by Crippen LogP contribution is 2.27. The zero-order valence-electron chi connectivity index (χ0n) is 8.07. The summed E-state index contributed by atoms with van der Waals surface area (Å²) in [5.41, 5.74) is 0.651. The predicted octanol–water partition coefficient (Wildman–Crippen LogP) is 2.23. The van der Waals surface area contributed by atoms with Gasteiger partial charge in [-0.15, -0.1) is 0 Å². The molecule has 0 spiro atoms. The summed E-state index contributed by atoms with van der Waals surface area (Å²) in [7, 11) is 0. The normalized spacial score (nSPS) is 9.21. The number of hydrogen-bond acceptors (Lipinski definition) is 3. The van der Waals surface area contributed by atoms with Gasteiger partial charge in [-0.2, -0.15) is 0 Å². The summed E-state index contributed by atoms with van der Waals surface area (Å²) in [4.78, 5) is 18.1. The molecule has 0 saturated carbocycles. The minimum Gasteiger partial charge on any atom is -0.505 e. The summed E-state index contributed by atoms with van der Waals surface area (Å²) in [6.07, 6.45) is 1.36. The molecule has 0 aromatic carbocycles. The highest BCUT2D eigenvalue weighted by atomic mass is 16.5. The van der Waals surface area contributed by atoms with E-state index in [1.54, 1.807) is 0 Å². The fourth-order valence-electron chi connectivity index (χ4n) is 0.977. The molecule has 0 saturated heterocycles. The topological polar surface area (TPSA) is 43.5 Å². The van der Waals surface area contributed by atoms with E-state index in [1.807, 2.05) is 6.92 Å². The maximum atomic E-state index is 11.0. The monoisotopic (exact) mass is 190 g/mol. The maximum Gasteiger partial charge on any atom is 0.245 e. The number of Topliss-reactive ketones (excluding diaryl/α,β-unsaturated/α-hetero) is 1. The van der Waals surface area contributed by atoms with E-state index in [-0.39, 0.29) is 5.78 Å². The van der Waals surface area contributed by atoms with Gasteiger partial charge in [0.05, 0.1) is 13.2 Å². The van der Waals surface area contributed by atoms with Gasteiger partial charge < -0.3 is 4.74 Å². The number of hydrogen-bond donors (Lipinski definition) is 0. The predicted molar refractivity (Wildman–Crippen MR) is 51.7 cm³/mol. The summed E-state index contributed by atoms with van der Waals surface area (Å²) < 4.78 is 5.21. The van der Waals surface area contributed by atoms with Crippen molar-refractivity contribution in [2.45, 2.75) is 13.8 Å². The van der Waals surface area contributed by atoms with Crippen LogP contribution in [0, 0.1) is 6.57 Å². The first-order valence-corrected chi connectivity index (χ1v) is 4.20. The molecule has 0 aliphatic rings. The summed E-state index contributed by atoms with van der Waals surface area (Å²) in [5.74, 6) is 0.283. The Morgan fingerprint density at radius 2 is 2.43 bits per heavy atom. The van der Waals surface area contributed by atoms with Crippen LogP contribution < -0.4 is 4.74 Å². The van der Waals surface area contributed by atoms with Gasteiger partial charge in [0.15, 0.2) is 5.78 Å². The number of nitrogens with zero attached hydrogens (tertiary/aromatic N) is 2. The Hall–Kier alpha value is -1.89.